The molecule has 2 N–H and O–H groups in total. The molecular formula is C17H22ClN3O2. The molecule has 1 aromatic heterocycles. The summed E-state index contributed by atoms with van der Waals surface area (Å²) in [5.41, 5.74) is 0.897. The molecule has 0 bridgehead atoms. The van der Waals surface area contributed by atoms with Crippen molar-refractivity contribution >= 4 is 17.5 Å². The van der Waals surface area contributed by atoms with Crippen molar-refractivity contribution in [3.8, 4) is 0 Å². The molecule has 0 aliphatic carbocycles. The lowest BCUT2D eigenvalue weighted by atomic mass is 9.96. The number of rotatable bonds is 6. The van der Waals surface area contributed by atoms with Gasteiger partial charge in [0.05, 0.1) is 12.2 Å². The molecule has 0 saturated heterocycles. The maximum atomic E-state index is 12.3. The van der Waals surface area contributed by atoms with Gasteiger partial charge >= 0.3 is 0 Å². The van der Waals surface area contributed by atoms with Gasteiger partial charge in [0.2, 0.25) is 0 Å². The van der Waals surface area contributed by atoms with Gasteiger partial charge < -0.3 is 10.4 Å². The third kappa shape index (κ3) is 4.33. The smallest absolute Gasteiger partial charge is 0.269 e. The van der Waals surface area contributed by atoms with Crippen molar-refractivity contribution in [2.45, 2.75) is 32.3 Å². The predicted molar refractivity (Wildman–Crippen MR) is 90.6 cm³/mol. The lowest BCUT2D eigenvalue weighted by molar-refractivity contribution is 0.0523. The van der Waals surface area contributed by atoms with E-state index in [4.69, 9.17) is 11.6 Å². The zero-order chi connectivity index (χ0) is 17.0. The van der Waals surface area contributed by atoms with E-state index in [1.54, 1.807) is 49.0 Å². The maximum Gasteiger partial charge on any atom is 0.269 e. The van der Waals surface area contributed by atoms with E-state index in [1.807, 2.05) is 0 Å². The summed E-state index contributed by atoms with van der Waals surface area (Å²) in [5.74, 6) is -0.253. The number of amides is 1. The minimum atomic E-state index is -1.18. The van der Waals surface area contributed by atoms with E-state index in [0.29, 0.717) is 16.3 Å². The van der Waals surface area contributed by atoms with Crippen LogP contribution in [-0.2, 0) is 19.1 Å². The molecule has 23 heavy (non-hydrogen) atoms. The van der Waals surface area contributed by atoms with Crippen LogP contribution in [0.25, 0.3) is 0 Å². The average molecular weight is 336 g/mol. The number of aryl methyl sites for hydroxylation is 2. The van der Waals surface area contributed by atoms with Crippen LogP contribution >= 0.6 is 11.6 Å². The topological polar surface area (TPSA) is 67.2 Å². The normalized spacial score (nSPS) is 13.6. The maximum absolute atomic E-state index is 12.3. The largest absolute Gasteiger partial charge is 0.384 e. The number of aliphatic hydroxyl groups is 1. The van der Waals surface area contributed by atoms with Gasteiger partial charge in [-0.2, -0.15) is 5.10 Å². The Morgan fingerprint density at radius 2 is 2.04 bits per heavy atom. The number of halogens is 1. The lowest BCUT2D eigenvalue weighted by Crippen LogP contribution is -2.39. The van der Waals surface area contributed by atoms with E-state index in [2.05, 4.69) is 17.3 Å². The summed E-state index contributed by atoms with van der Waals surface area (Å²) in [6.07, 6.45) is 1.81. The molecule has 5 nitrogen and oxygen atoms in total. The van der Waals surface area contributed by atoms with Crippen LogP contribution in [0.3, 0.4) is 0 Å². The number of nitrogens with zero attached hydrogens (tertiary/aromatic N) is 2. The van der Waals surface area contributed by atoms with Gasteiger partial charge in [-0.15, -0.1) is 0 Å². The van der Waals surface area contributed by atoms with E-state index < -0.39 is 5.60 Å². The second-order valence-electron chi connectivity index (χ2n) is 5.86. The van der Waals surface area contributed by atoms with Crippen molar-refractivity contribution in [1.29, 1.82) is 0 Å². The molecule has 1 amide bonds. The average Bonchev–Trinajstić information content (AvgIpc) is 2.86. The third-order valence-corrected chi connectivity index (χ3v) is 3.98. The first-order chi connectivity index (χ1) is 10.8. The van der Waals surface area contributed by atoms with Crippen LogP contribution in [0.2, 0.25) is 5.02 Å². The highest BCUT2D eigenvalue weighted by atomic mass is 35.5. The van der Waals surface area contributed by atoms with E-state index in [1.165, 1.54) is 0 Å². The minimum Gasteiger partial charge on any atom is -0.384 e. The van der Waals surface area contributed by atoms with Gasteiger partial charge in [-0.1, -0.05) is 37.1 Å². The van der Waals surface area contributed by atoms with E-state index in [0.717, 1.165) is 18.5 Å². The van der Waals surface area contributed by atoms with Gasteiger partial charge in [0, 0.05) is 12.1 Å². The Morgan fingerprint density at radius 3 is 2.65 bits per heavy atom. The summed E-state index contributed by atoms with van der Waals surface area (Å²) < 4.78 is 1.57. The SMILES string of the molecule is CCCc1cc(C(=O)NC[C@](C)(O)c2ccc(Cl)cc2)n(C)n1. The molecular weight excluding hydrogens is 314 g/mol. The van der Waals surface area contributed by atoms with Gasteiger partial charge in [-0.05, 0) is 37.1 Å². The van der Waals surface area contributed by atoms with Crippen molar-refractivity contribution < 1.29 is 9.90 Å². The van der Waals surface area contributed by atoms with Gasteiger partial charge in [0.15, 0.2) is 0 Å². The summed E-state index contributed by atoms with van der Waals surface area (Å²) in [4.78, 5) is 12.3. The van der Waals surface area contributed by atoms with Gasteiger partial charge in [-0.25, -0.2) is 0 Å². The monoisotopic (exact) mass is 335 g/mol. The highest BCUT2D eigenvalue weighted by Gasteiger charge is 2.24. The fourth-order valence-corrected chi connectivity index (χ4v) is 2.50. The second-order valence-corrected chi connectivity index (χ2v) is 6.29. The van der Waals surface area contributed by atoms with Crippen LogP contribution in [0.15, 0.2) is 30.3 Å². The Hall–Kier alpha value is -1.85. The van der Waals surface area contributed by atoms with Crippen molar-refractivity contribution in [2.24, 2.45) is 7.05 Å². The molecule has 2 rings (SSSR count). The molecule has 0 aliphatic rings. The fraction of sp³-hybridized carbons (Fsp3) is 0.412. The lowest BCUT2D eigenvalue weighted by Gasteiger charge is -2.24. The van der Waals surface area contributed by atoms with Crippen molar-refractivity contribution in [1.82, 2.24) is 15.1 Å². The molecule has 0 fully saturated rings. The molecule has 0 aliphatic heterocycles. The Kier molecular flexibility index (Phi) is 5.44. The quantitative estimate of drug-likeness (QED) is 0.852. The van der Waals surface area contributed by atoms with Crippen LogP contribution in [0.1, 0.15) is 42.0 Å². The Morgan fingerprint density at radius 1 is 1.39 bits per heavy atom. The van der Waals surface area contributed by atoms with Gasteiger partial charge in [0.25, 0.3) is 5.91 Å². The van der Waals surface area contributed by atoms with Crippen molar-refractivity contribution in [2.75, 3.05) is 6.54 Å². The zero-order valence-electron chi connectivity index (χ0n) is 13.6. The second kappa shape index (κ2) is 7.15. The molecule has 2 aromatic rings. The number of aromatic nitrogens is 2. The highest BCUT2D eigenvalue weighted by molar-refractivity contribution is 6.30. The predicted octanol–water partition coefficient (Wildman–Crippen LogP) is 2.66. The van der Waals surface area contributed by atoms with Crippen molar-refractivity contribution in [3.63, 3.8) is 0 Å². The Bertz CT molecular complexity index is 678. The molecule has 0 radical (unpaired) electrons. The molecule has 0 spiro atoms. The van der Waals surface area contributed by atoms with Crippen LogP contribution < -0.4 is 5.32 Å². The first-order valence-electron chi connectivity index (χ1n) is 7.63. The third-order valence-electron chi connectivity index (χ3n) is 3.73. The summed E-state index contributed by atoms with van der Waals surface area (Å²) in [7, 11) is 1.74. The van der Waals surface area contributed by atoms with Gasteiger partial charge in [-0.3, -0.25) is 9.48 Å². The number of hydrogen-bond donors (Lipinski definition) is 2. The van der Waals surface area contributed by atoms with Gasteiger partial charge in [0.1, 0.15) is 11.3 Å². The van der Waals surface area contributed by atoms with Crippen LogP contribution in [0, 0.1) is 0 Å². The number of benzene rings is 1. The fourth-order valence-electron chi connectivity index (χ4n) is 2.37. The molecule has 0 saturated carbocycles. The summed E-state index contributed by atoms with van der Waals surface area (Å²) in [6.45, 7) is 3.82. The van der Waals surface area contributed by atoms with E-state index in [9.17, 15) is 9.90 Å². The van der Waals surface area contributed by atoms with Crippen molar-refractivity contribution in [3.05, 3.63) is 52.3 Å². The van der Waals surface area contributed by atoms with E-state index >= 15 is 0 Å². The molecule has 0 unspecified atom stereocenters. The minimum absolute atomic E-state index is 0.0990. The summed E-state index contributed by atoms with van der Waals surface area (Å²) >= 11 is 5.85. The van der Waals surface area contributed by atoms with Crippen LogP contribution in [0.5, 0.6) is 0 Å². The summed E-state index contributed by atoms with van der Waals surface area (Å²) in [6, 6.07) is 8.71. The highest BCUT2D eigenvalue weighted by Crippen LogP contribution is 2.21. The summed E-state index contributed by atoms with van der Waals surface area (Å²) in [5, 5.41) is 18.2. The molecule has 6 heteroatoms. The molecule has 1 aromatic carbocycles. The van der Waals surface area contributed by atoms with Crippen LogP contribution in [-0.4, -0.2) is 27.3 Å². The standard InChI is InChI=1S/C17H22ClN3O2/c1-4-5-14-10-15(21(3)20-14)16(22)19-11-17(2,23)12-6-8-13(18)9-7-12/h6-10,23H,4-5,11H2,1-3H3,(H,19,22)/t17-/m0/s1. The number of nitrogens with one attached hydrogen (secondary N) is 1. The number of hydrogen-bond acceptors (Lipinski definition) is 3. The molecule has 1 atom stereocenters. The Balaban J connectivity index is 2.04. The number of carbonyl (C=O) groups excluding carboxylic acids is 1. The Labute approximate surface area is 141 Å². The van der Waals surface area contributed by atoms with E-state index in [-0.39, 0.29) is 12.5 Å². The molecule has 124 valence electrons. The first-order valence-corrected chi connectivity index (χ1v) is 8.01. The first kappa shape index (κ1) is 17.5. The zero-order valence-corrected chi connectivity index (χ0v) is 14.4. The van der Waals surface area contributed by atoms with Crippen LogP contribution in [0.4, 0.5) is 0 Å². The molecule has 1 heterocycles. The number of carbonyl (C=O) groups is 1.